The minimum absolute atomic E-state index is 0.0729. The SMILES string of the molecule is COC1C=CC(C)=CC1OC. The molecule has 1 aliphatic rings. The molecule has 0 radical (unpaired) electrons. The molecule has 0 N–H and O–H groups in total. The van der Waals surface area contributed by atoms with Crippen molar-refractivity contribution in [3.05, 3.63) is 23.8 Å². The number of hydrogen-bond acceptors (Lipinski definition) is 2. The topological polar surface area (TPSA) is 18.5 Å². The first-order valence-corrected chi connectivity index (χ1v) is 3.70. The van der Waals surface area contributed by atoms with Gasteiger partial charge in [-0.1, -0.05) is 23.8 Å². The third-order valence-electron chi connectivity index (χ3n) is 1.84. The quantitative estimate of drug-likeness (QED) is 0.600. The van der Waals surface area contributed by atoms with Crippen LogP contribution in [0.5, 0.6) is 0 Å². The molecule has 0 heterocycles. The van der Waals surface area contributed by atoms with Crippen LogP contribution in [-0.4, -0.2) is 26.4 Å². The minimum atomic E-state index is 0.0729. The molecule has 11 heavy (non-hydrogen) atoms. The summed E-state index contributed by atoms with van der Waals surface area (Å²) in [5.41, 5.74) is 1.23. The Morgan fingerprint density at radius 2 is 1.82 bits per heavy atom. The van der Waals surface area contributed by atoms with Crippen LogP contribution in [0.4, 0.5) is 0 Å². The molecule has 0 fully saturated rings. The van der Waals surface area contributed by atoms with E-state index in [1.54, 1.807) is 14.2 Å². The molecule has 0 aromatic heterocycles. The second-order valence-corrected chi connectivity index (χ2v) is 2.67. The van der Waals surface area contributed by atoms with Crippen LogP contribution >= 0.6 is 0 Å². The molecule has 1 aliphatic carbocycles. The van der Waals surface area contributed by atoms with E-state index in [0.29, 0.717) is 0 Å². The van der Waals surface area contributed by atoms with Gasteiger partial charge in [0.05, 0.1) is 0 Å². The largest absolute Gasteiger partial charge is 0.374 e. The van der Waals surface area contributed by atoms with Crippen LogP contribution in [0.1, 0.15) is 6.92 Å². The molecule has 0 saturated heterocycles. The van der Waals surface area contributed by atoms with Crippen molar-refractivity contribution >= 4 is 0 Å². The maximum absolute atomic E-state index is 5.21. The van der Waals surface area contributed by atoms with Crippen LogP contribution in [0.25, 0.3) is 0 Å². The lowest BCUT2D eigenvalue weighted by atomic mass is 10.0. The molecule has 0 aromatic carbocycles. The molecule has 2 heteroatoms. The Bertz CT molecular complexity index is 182. The number of ether oxygens (including phenoxy) is 2. The fourth-order valence-corrected chi connectivity index (χ4v) is 1.18. The lowest BCUT2D eigenvalue weighted by molar-refractivity contribution is 0.0134. The molecule has 62 valence electrons. The summed E-state index contributed by atoms with van der Waals surface area (Å²) in [5.74, 6) is 0. The van der Waals surface area contributed by atoms with Gasteiger partial charge in [-0.05, 0) is 6.92 Å². The highest BCUT2D eigenvalue weighted by atomic mass is 16.5. The lowest BCUT2D eigenvalue weighted by Crippen LogP contribution is -2.28. The Balaban J connectivity index is 2.66. The summed E-state index contributed by atoms with van der Waals surface area (Å²) in [4.78, 5) is 0. The first kappa shape index (κ1) is 8.50. The molecule has 0 aliphatic heterocycles. The zero-order valence-corrected chi connectivity index (χ0v) is 7.20. The van der Waals surface area contributed by atoms with Crippen LogP contribution in [0.15, 0.2) is 23.8 Å². The van der Waals surface area contributed by atoms with Gasteiger partial charge in [0.15, 0.2) is 0 Å². The average molecular weight is 154 g/mol. The normalized spacial score (nSPS) is 30.3. The highest BCUT2D eigenvalue weighted by Crippen LogP contribution is 2.15. The molecular weight excluding hydrogens is 140 g/mol. The Morgan fingerprint density at radius 1 is 1.18 bits per heavy atom. The van der Waals surface area contributed by atoms with E-state index in [1.807, 2.05) is 12.2 Å². The van der Waals surface area contributed by atoms with Gasteiger partial charge >= 0.3 is 0 Å². The predicted octanol–water partition coefficient (Wildman–Crippen LogP) is 1.53. The molecule has 0 saturated carbocycles. The van der Waals surface area contributed by atoms with E-state index in [4.69, 9.17) is 9.47 Å². The molecule has 2 nitrogen and oxygen atoms in total. The van der Waals surface area contributed by atoms with Gasteiger partial charge in [-0.25, -0.2) is 0 Å². The molecule has 2 unspecified atom stereocenters. The van der Waals surface area contributed by atoms with E-state index < -0.39 is 0 Å². The average Bonchev–Trinajstić information content (AvgIpc) is 2.04. The second kappa shape index (κ2) is 3.69. The zero-order chi connectivity index (χ0) is 8.27. The van der Waals surface area contributed by atoms with Crippen LogP contribution in [-0.2, 0) is 9.47 Å². The summed E-state index contributed by atoms with van der Waals surface area (Å²) in [5, 5.41) is 0. The molecule has 0 spiro atoms. The summed E-state index contributed by atoms with van der Waals surface area (Å²) in [7, 11) is 3.38. The Hall–Kier alpha value is -0.600. The predicted molar refractivity (Wildman–Crippen MR) is 44.5 cm³/mol. The van der Waals surface area contributed by atoms with Gasteiger partial charge in [0.25, 0.3) is 0 Å². The monoisotopic (exact) mass is 154 g/mol. The van der Waals surface area contributed by atoms with E-state index in [-0.39, 0.29) is 12.2 Å². The van der Waals surface area contributed by atoms with Gasteiger partial charge in [0.1, 0.15) is 12.2 Å². The standard InChI is InChI=1S/C9H14O2/c1-7-4-5-8(10-2)9(6-7)11-3/h4-6,8-9H,1-3H3. The number of rotatable bonds is 2. The summed E-state index contributed by atoms with van der Waals surface area (Å²) in [6, 6.07) is 0. The van der Waals surface area contributed by atoms with Gasteiger partial charge < -0.3 is 9.47 Å². The van der Waals surface area contributed by atoms with E-state index >= 15 is 0 Å². The van der Waals surface area contributed by atoms with Crippen molar-refractivity contribution in [2.24, 2.45) is 0 Å². The summed E-state index contributed by atoms with van der Waals surface area (Å²) < 4.78 is 10.4. The van der Waals surface area contributed by atoms with Crippen molar-refractivity contribution in [2.45, 2.75) is 19.1 Å². The minimum Gasteiger partial charge on any atom is -0.374 e. The third-order valence-corrected chi connectivity index (χ3v) is 1.84. The van der Waals surface area contributed by atoms with Crippen LogP contribution < -0.4 is 0 Å². The van der Waals surface area contributed by atoms with Crippen molar-refractivity contribution < 1.29 is 9.47 Å². The fraction of sp³-hybridized carbons (Fsp3) is 0.556. The molecular formula is C9H14O2. The second-order valence-electron chi connectivity index (χ2n) is 2.67. The van der Waals surface area contributed by atoms with Crippen LogP contribution in [0.2, 0.25) is 0 Å². The zero-order valence-electron chi connectivity index (χ0n) is 7.20. The van der Waals surface area contributed by atoms with Crippen molar-refractivity contribution in [1.82, 2.24) is 0 Å². The van der Waals surface area contributed by atoms with Crippen LogP contribution in [0.3, 0.4) is 0 Å². The van der Waals surface area contributed by atoms with E-state index in [1.165, 1.54) is 5.57 Å². The van der Waals surface area contributed by atoms with E-state index in [0.717, 1.165) is 0 Å². The van der Waals surface area contributed by atoms with Crippen molar-refractivity contribution in [1.29, 1.82) is 0 Å². The number of methoxy groups -OCH3 is 2. The molecule has 0 bridgehead atoms. The first-order chi connectivity index (χ1) is 5.27. The number of hydrogen-bond donors (Lipinski definition) is 0. The van der Waals surface area contributed by atoms with Crippen molar-refractivity contribution in [3.63, 3.8) is 0 Å². The molecule has 1 rings (SSSR count). The highest BCUT2D eigenvalue weighted by molar-refractivity contribution is 5.25. The van der Waals surface area contributed by atoms with Crippen molar-refractivity contribution in [3.8, 4) is 0 Å². The van der Waals surface area contributed by atoms with E-state index in [2.05, 4.69) is 13.0 Å². The molecule has 0 aromatic rings. The van der Waals surface area contributed by atoms with Gasteiger partial charge in [0, 0.05) is 14.2 Å². The van der Waals surface area contributed by atoms with Gasteiger partial charge in [-0.15, -0.1) is 0 Å². The van der Waals surface area contributed by atoms with Gasteiger partial charge in [-0.3, -0.25) is 0 Å². The maximum atomic E-state index is 5.21. The summed E-state index contributed by atoms with van der Waals surface area (Å²) in [6.07, 6.45) is 6.27. The summed E-state index contributed by atoms with van der Waals surface area (Å²) in [6.45, 7) is 2.05. The highest BCUT2D eigenvalue weighted by Gasteiger charge is 2.18. The smallest absolute Gasteiger partial charge is 0.105 e. The van der Waals surface area contributed by atoms with Gasteiger partial charge in [-0.2, -0.15) is 0 Å². The lowest BCUT2D eigenvalue weighted by Gasteiger charge is -2.22. The first-order valence-electron chi connectivity index (χ1n) is 3.70. The number of allylic oxidation sites excluding steroid dienone is 2. The van der Waals surface area contributed by atoms with E-state index in [9.17, 15) is 0 Å². The summed E-state index contributed by atoms with van der Waals surface area (Å²) >= 11 is 0. The maximum Gasteiger partial charge on any atom is 0.105 e. The Kier molecular flexibility index (Phi) is 2.85. The third kappa shape index (κ3) is 1.91. The Labute approximate surface area is 67.5 Å². The Morgan fingerprint density at radius 3 is 2.36 bits per heavy atom. The van der Waals surface area contributed by atoms with Crippen molar-refractivity contribution in [2.75, 3.05) is 14.2 Å². The fourth-order valence-electron chi connectivity index (χ4n) is 1.18. The molecule has 0 amide bonds. The van der Waals surface area contributed by atoms with Crippen LogP contribution in [0, 0.1) is 0 Å². The van der Waals surface area contributed by atoms with Gasteiger partial charge in [0.2, 0.25) is 0 Å². The molecule has 2 atom stereocenters.